The van der Waals surface area contributed by atoms with Crippen LogP contribution in [0.2, 0.25) is 0 Å². The lowest BCUT2D eigenvalue weighted by Gasteiger charge is -2.34. The molecule has 0 unspecified atom stereocenters. The topological polar surface area (TPSA) is 109 Å². The molecule has 1 aromatic carbocycles. The fourth-order valence-electron chi connectivity index (χ4n) is 5.03. The highest BCUT2D eigenvalue weighted by atomic mass is 16.5. The minimum atomic E-state index is -0.0432. The first-order valence-corrected chi connectivity index (χ1v) is 12.4. The van der Waals surface area contributed by atoms with Crippen LogP contribution in [0.25, 0.3) is 0 Å². The minimum absolute atomic E-state index is 0.0175. The van der Waals surface area contributed by atoms with Crippen LogP contribution in [0.3, 0.4) is 0 Å². The molecule has 1 saturated carbocycles. The number of aromatic nitrogens is 2. The van der Waals surface area contributed by atoms with E-state index >= 15 is 0 Å². The molecular formula is C25H32N6O4. The predicted molar refractivity (Wildman–Crippen MR) is 132 cm³/mol. The van der Waals surface area contributed by atoms with Crippen molar-refractivity contribution in [1.82, 2.24) is 14.9 Å². The molecule has 2 aromatic rings. The van der Waals surface area contributed by atoms with Gasteiger partial charge in [0, 0.05) is 37.7 Å². The number of amides is 2. The number of hydrogen-bond acceptors (Lipinski definition) is 8. The van der Waals surface area contributed by atoms with Gasteiger partial charge in [-0.3, -0.25) is 9.59 Å². The molecule has 0 radical (unpaired) electrons. The number of hydrogen-bond donors (Lipinski definition) is 2. The highest BCUT2D eigenvalue weighted by Gasteiger charge is 2.28. The van der Waals surface area contributed by atoms with E-state index < -0.39 is 0 Å². The molecule has 1 aromatic heterocycles. The van der Waals surface area contributed by atoms with Crippen molar-refractivity contribution in [1.29, 1.82) is 0 Å². The Kier molecular flexibility index (Phi) is 6.98. The Morgan fingerprint density at radius 3 is 2.74 bits per heavy atom. The van der Waals surface area contributed by atoms with Crippen molar-refractivity contribution in [2.24, 2.45) is 0 Å². The second-order valence-corrected chi connectivity index (χ2v) is 9.16. The molecule has 2 amide bonds. The highest BCUT2D eigenvalue weighted by molar-refractivity contribution is 5.96. The lowest BCUT2D eigenvalue weighted by Crippen LogP contribution is -2.40. The summed E-state index contributed by atoms with van der Waals surface area (Å²) in [6.07, 6.45) is 7.95. The van der Waals surface area contributed by atoms with Crippen LogP contribution in [0.15, 0.2) is 24.4 Å². The maximum absolute atomic E-state index is 12.9. The third-order valence-corrected chi connectivity index (χ3v) is 6.90. The number of anilines is 4. The van der Waals surface area contributed by atoms with E-state index in [1.165, 1.54) is 19.3 Å². The Bertz CT molecular complexity index is 1080. The average Bonchev–Trinajstić information content (AvgIpc) is 3.07. The van der Waals surface area contributed by atoms with Crippen molar-refractivity contribution in [2.75, 3.05) is 55.5 Å². The smallest absolute Gasteiger partial charge is 0.254 e. The van der Waals surface area contributed by atoms with Crippen molar-refractivity contribution in [2.45, 2.75) is 44.6 Å². The highest BCUT2D eigenvalue weighted by Crippen LogP contribution is 2.35. The summed E-state index contributed by atoms with van der Waals surface area (Å²) in [6.45, 7) is 2.91. The Labute approximate surface area is 205 Å². The van der Waals surface area contributed by atoms with Gasteiger partial charge in [-0.25, -0.2) is 4.98 Å². The molecule has 35 heavy (non-hydrogen) atoms. The predicted octanol–water partition coefficient (Wildman–Crippen LogP) is 3.18. The number of benzene rings is 1. The van der Waals surface area contributed by atoms with Gasteiger partial charge >= 0.3 is 0 Å². The quantitative estimate of drug-likeness (QED) is 0.672. The second-order valence-electron chi connectivity index (χ2n) is 9.16. The molecule has 2 N–H and O–H groups in total. The Morgan fingerprint density at radius 2 is 1.97 bits per heavy atom. The number of morpholine rings is 1. The van der Waals surface area contributed by atoms with Crippen molar-refractivity contribution < 1.29 is 19.1 Å². The molecule has 10 nitrogen and oxygen atoms in total. The molecule has 1 saturated heterocycles. The van der Waals surface area contributed by atoms with Gasteiger partial charge in [0.05, 0.1) is 32.2 Å². The molecule has 5 rings (SSSR count). The van der Waals surface area contributed by atoms with Crippen molar-refractivity contribution >= 4 is 35.0 Å². The van der Waals surface area contributed by atoms with Crippen LogP contribution in [0.1, 0.15) is 48.9 Å². The normalized spacial score (nSPS) is 18.9. The summed E-state index contributed by atoms with van der Waals surface area (Å²) in [5, 5.41) is 6.19. The van der Waals surface area contributed by atoms with Crippen molar-refractivity contribution in [3.63, 3.8) is 0 Å². The summed E-state index contributed by atoms with van der Waals surface area (Å²) in [5.74, 6) is 1.62. The molecule has 0 spiro atoms. The van der Waals surface area contributed by atoms with Crippen LogP contribution in [-0.4, -0.2) is 72.7 Å². The number of nitrogens with zero attached hydrogens (tertiary/aromatic N) is 4. The third-order valence-electron chi connectivity index (χ3n) is 6.90. The fraction of sp³-hybridized carbons (Fsp3) is 0.520. The van der Waals surface area contributed by atoms with Gasteiger partial charge in [0.2, 0.25) is 11.9 Å². The molecule has 186 valence electrons. The number of ether oxygens (including phenoxy) is 2. The SMILES string of the molecule is COc1cc(C(=O)N2CCOCC2)ccc1Nc1ncc2c(n1)N(C1CCCCC1)CCC(=O)N2. The largest absolute Gasteiger partial charge is 0.495 e. The Hall–Kier alpha value is -3.40. The van der Waals surface area contributed by atoms with Gasteiger partial charge in [-0.05, 0) is 31.0 Å². The maximum Gasteiger partial charge on any atom is 0.254 e. The number of carbonyl (C=O) groups excluding carboxylic acids is 2. The molecule has 2 fully saturated rings. The van der Waals surface area contributed by atoms with E-state index in [2.05, 4.69) is 20.5 Å². The van der Waals surface area contributed by atoms with Gasteiger partial charge in [-0.1, -0.05) is 19.3 Å². The standard InChI is InChI=1S/C25H32N6O4/c1-34-21-15-17(24(33)30-11-13-35-14-12-30)7-8-19(21)28-25-26-16-20-23(29-25)31(10-9-22(32)27-20)18-5-3-2-4-6-18/h7-8,15-16,18H,2-6,9-14H2,1H3,(H,27,32)(H,26,28,29). The monoisotopic (exact) mass is 480 g/mol. The van der Waals surface area contributed by atoms with E-state index in [4.69, 9.17) is 14.5 Å². The molecule has 0 bridgehead atoms. The van der Waals surface area contributed by atoms with Crippen LogP contribution >= 0.6 is 0 Å². The van der Waals surface area contributed by atoms with Crippen molar-refractivity contribution in [3.05, 3.63) is 30.0 Å². The Balaban J connectivity index is 1.39. The minimum Gasteiger partial charge on any atom is -0.495 e. The molecule has 3 aliphatic rings. The van der Waals surface area contributed by atoms with Gasteiger partial charge in [-0.15, -0.1) is 0 Å². The summed E-state index contributed by atoms with van der Waals surface area (Å²) in [6, 6.07) is 5.69. The molecule has 10 heteroatoms. The first kappa shape index (κ1) is 23.3. The number of nitrogens with one attached hydrogen (secondary N) is 2. The van der Waals surface area contributed by atoms with E-state index in [9.17, 15) is 9.59 Å². The van der Waals surface area contributed by atoms with Crippen LogP contribution < -0.4 is 20.3 Å². The number of rotatable bonds is 5. The maximum atomic E-state index is 12.9. The Morgan fingerprint density at radius 1 is 1.17 bits per heavy atom. The van der Waals surface area contributed by atoms with Gasteiger partial charge in [0.15, 0.2) is 5.82 Å². The zero-order chi connectivity index (χ0) is 24.2. The van der Waals surface area contributed by atoms with E-state index in [1.54, 1.807) is 30.3 Å². The number of methoxy groups -OCH3 is 1. The van der Waals surface area contributed by atoms with Gasteiger partial charge in [-0.2, -0.15) is 4.98 Å². The summed E-state index contributed by atoms with van der Waals surface area (Å²) in [4.78, 5) is 38.4. The van der Waals surface area contributed by atoms with Gasteiger partial charge in [0.25, 0.3) is 5.91 Å². The average molecular weight is 481 g/mol. The zero-order valence-electron chi connectivity index (χ0n) is 20.1. The van der Waals surface area contributed by atoms with Crippen LogP contribution in [0.4, 0.5) is 23.1 Å². The molecule has 2 aliphatic heterocycles. The van der Waals surface area contributed by atoms with Gasteiger partial charge in [0.1, 0.15) is 11.4 Å². The van der Waals surface area contributed by atoms with Gasteiger partial charge < -0.3 is 29.9 Å². The molecule has 0 atom stereocenters. The summed E-state index contributed by atoms with van der Waals surface area (Å²) in [7, 11) is 1.57. The zero-order valence-corrected chi connectivity index (χ0v) is 20.1. The first-order chi connectivity index (χ1) is 17.1. The second kappa shape index (κ2) is 10.5. The fourth-order valence-corrected chi connectivity index (χ4v) is 5.03. The summed E-state index contributed by atoms with van der Waals surface area (Å²) >= 11 is 0. The van der Waals surface area contributed by atoms with E-state index in [0.29, 0.717) is 73.9 Å². The van der Waals surface area contributed by atoms with E-state index in [1.807, 2.05) is 6.07 Å². The van der Waals surface area contributed by atoms with Crippen LogP contribution in [0.5, 0.6) is 5.75 Å². The first-order valence-electron chi connectivity index (χ1n) is 12.4. The molecular weight excluding hydrogens is 448 g/mol. The number of carbonyl (C=O) groups is 2. The summed E-state index contributed by atoms with van der Waals surface area (Å²) in [5.41, 5.74) is 1.86. The van der Waals surface area contributed by atoms with E-state index in [-0.39, 0.29) is 11.8 Å². The lowest BCUT2D eigenvalue weighted by molar-refractivity contribution is -0.116. The van der Waals surface area contributed by atoms with Crippen LogP contribution in [-0.2, 0) is 9.53 Å². The summed E-state index contributed by atoms with van der Waals surface area (Å²) < 4.78 is 10.9. The molecule has 1 aliphatic carbocycles. The van der Waals surface area contributed by atoms with Crippen molar-refractivity contribution in [3.8, 4) is 5.75 Å². The lowest BCUT2D eigenvalue weighted by atomic mass is 9.94. The van der Waals surface area contributed by atoms with E-state index in [0.717, 1.165) is 18.7 Å². The third kappa shape index (κ3) is 5.17. The molecule has 3 heterocycles. The number of fused-ring (bicyclic) bond motifs is 1. The van der Waals surface area contributed by atoms with Crippen LogP contribution in [0, 0.1) is 0 Å².